The Bertz CT molecular complexity index is 472. The highest BCUT2D eigenvalue weighted by Crippen LogP contribution is 2.18. The number of rotatable bonds is 2. The summed E-state index contributed by atoms with van der Waals surface area (Å²) in [7, 11) is 1.76. The van der Waals surface area contributed by atoms with Crippen molar-refractivity contribution < 1.29 is 9.59 Å². The monoisotopic (exact) mass is 250 g/mol. The normalized spacial score (nSPS) is 16.9. The number of nitrogens with two attached hydrogens (primary N) is 1. The van der Waals surface area contributed by atoms with Gasteiger partial charge in [-0.05, 0) is 25.8 Å². The SMILES string of the molecule is Cc1cc(C(=O)N2CCC(C(N)=O)CC2)n(C)n1. The van der Waals surface area contributed by atoms with Crippen LogP contribution in [0.1, 0.15) is 29.0 Å². The summed E-state index contributed by atoms with van der Waals surface area (Å²) < 4.78 is 1.60. The molecule has 18 heavy (non-hydrogen) atoms. The average molecular weight is 250 g/mol. The summed E-state index contributed by atoms with van der Waals surface area (Å²) in [6.45, 7) is 3.02. The molecule has 0 unspecified atom stereocenters. The van der Waals surface area contributed by atoms with E-state index in [0.29, 0.717) is 31.6 Å². The first kappa shape index (κ1) is 12.6. The summed E-state index contributed by atoms with van der Waals surface area (Å²) >= 11 is 0. The summed E-state index contributed by atoms with van der Waals surface area (Å²) in [6.07, 6.45) is 1.30. The molecular formula is C12H18N4O2. The summed E-state index contributed by atoms with van der Waals surface area (Å²) in [6, 6.07) is 1.78. The molecule has 6 nitrogen and oxygen atoms in total. The number of carbonyl (C=O) groups excluding carboxylic acids is 2. The minimum Gasteiger partial charge on any atom is -0.369 e. The summed E-state index contributed by atoms with van der Waals surface area (Å²) in [5.41, 5.74) is 6.69. The number of carbonyl (C=O) groups is 2. The predicted molar refractivity (Wildman–Crippen MR) is 65.8 cm³/mol. The Balaban J connectivity index is 2.04. The first-order chi connectivity index (χ1) is 8.49. The summed E-state index contributed by atoms with van der Waals surface area (Å²) in [5.74, 6) is -0.387. The highest BCUT2D eigenvalue weighted by Gasteiger charge is 2.27. The van der Waals surface area contributed by atoms with Gasteiger partial charge in [0.2, 0.25) is 5.91 Å². The number of piperidine rings is 1. The second-order valence-electron chi connectivity index (χ2n) is 4.76. The second-order valence-corrected chi connectivity index (χ2v) is 4.76. The van der Waals surface area contributed by atoms with Gasteiger partial charge in [-0.25, -0.2) is 0 Å². The molecule has 2 heterocycles. The van der Waals surface area contributed by atoms with Gasteiger partial charge in [0.25, 0.3) is 5.91 Å². The van der Waals surface area contributed by atoms with Crippen LogP contribution in [-0.4, -0.2) is 39.6 Å². The molecule has 0 spiro atoms. The molecule has 0 bridgehead atoms. The van der Waals surface area contributed by atoms with Crippen molar-refractivity contribution in [1.29, 1.82) is 0 Å². The number of likely N-dealkylation sites (tertiary alicyclic amines) is 1. The third-order valence-electron chi connectivity index (χ3n) is 3.41. The number of nitrogens with zero attached hydrogens (tertiary/aromatic N) is 3. The van der Waals surface area contributed by atoms with Gasteiger partial charge in [0, 0.05) is 26.1 Å². The van der Waals surface area contributed by atoms with Crippen LogP contribution in [0.15, 0.2) is 6.07 Å². The first-order valence-electron chi connectivity index (χ1n) is 6.08. The van der Waals surface area contributed by atoms with E-state index in [4.69, 9.17) is 5.73 Å². The van der Waals surface area contributed by atoms with E-state index < -0.39 is 0 Å². The largest absolute Gasteiger partial charge is 0.369 e. The van der Waals surface area contributed by atoms with E-state index in [9.17, 15) is 9.59 Å². The van der Waals surface area contributed by atoms with E-state index in [-0.39, 0.29) is 17.7 Å². The number of primary amides is 1. The molecule has 2 rings (SSSR count). The Morgan fingerprint density at radius 3 is 2.44 bits per heavy atom. The van der Waals surface area contributed by atoms with E-state index in [0.717, 1.165) is 5.69 Å². The number of hydrogen-bond acceptors (Lipinski definition) is 3. The Morgan fingerprint density at radius 2 is 2.00 bits per heavy atom. The molecule has 0 atom stereocenters. The molecule has 0 radical (unpaired) electrons. The third-order valence-corrected chi connectivity index (χ3v) is 3.41. The zero-order chi connectivity index (χ0) is 13.3. The van der Waals surface area contributed by atoms with Crippen molar-refractivity contribution in [3.8, 4) is 0 Å². The van der Waals surface area contributed by atoms with Crippen molar-refractivity contribution in [3.63, 3.8) is 0 Å². The van der Waals surface area contributed by atoms with E-state index in [1.807, 2.05) is 6.92 Å². The fourth-order valence-electron chi connectivity index (χ4n) is 2.34. The van der Waals surface area contributed by atoms with Crippen molar-refractivity contribution in [1.82, 2.24) is 14.7 Å². The molecule has 0 aromatic carbocycles. The summed E-state index contributed by atoms with van der Waals surface area (Å²) in [5, 5.41) is 4.17. The van der Waals surface area contributed by atoms with Gasteiger partial charge in [0.15, 0.2) is 0 Å². The lowest BCUT2D eigenvalue weighted by atomic mass is 9.96. The minimum atomic E-state index is -0.265. The maximum Gasteiger partial charge on any atom is 0.272 e. The fourth-order valence-corrected chi connectivity index (χ4v) is 2.34. The zero-order valence-electron chi connectivity index (χ0n) is 10.7. The van der Waals surface area contributed by atoms with Crippen molar-refractivity contribution >= 4 is 11.8 Å². The average Bonchev–Trinajstić information content (AvgIpc) is 2.67. The molecule has 1 aromatic rings. The number of hydrogen-bond donors (Lipinski definition) is 1. The highest BCUT2D eigenvalue weighted by molar-refractivity contribution is 5.93. The fraction of sp³-hybridized carbons (Fsp3) is 0.583. The van der Waals surface area contributed by atoms with E-state index in [2.05, 4.69) is 5.10 Å². The smallest absolute Gasteiger partial charge is 0.272 e. The lowest BCUT2D eigenvalue weighted by Gasteiger charge is -2.30. The molecule has 1 aliphatic heterocycles. The summed E-state index contributed by atoms with van der Waals surface area (Å²) in [4.78, 5) is 25.1. The zero-order valence-corrected chi connectivity index (χ0v) is 10.7. The van der Waals surface area contributed by atoms with Gasteiger partial charge in [-0.2, -0.15) is 5.10 Å². The first-order valence-corrected chi connectivity index (χ1v) is 6.08. The van der Waals surface area contributed by atoms with Crippen LogP contribution in [-0.2, 0) is 11.8 Å². The third kappa shape index (κ3) is 2.37. The molecule has 1 fully saturated rings. The van der Waals surface area contributed by atoms with Gasteiger partial charge in [-0.1, -0.05) is 0 Å². The van der Waals surface area contributed by atoms with Gasteiger partial charge in [-0.15, -0.1) is 0 Å². The number of amides is 2. The standard InChI is InChI=1S/C12H18N4O2/c1-8-7-10(15(2)14-8)12(18)16-5-3-9(4-6-16)11(13)17/h7,9H,3-6H2,1-2H3,(H2,13,17). The molecule has 98 valence electrons. The van der Waals surface area contributed by atoms with Crippen LogP contribution in [0.5, 0.6) is 0 Å². The van der Waals surface area contributed by atoms with Crippen LogP contribution in [0, 0.1) is 12.8 Å². The van der Waals surface area contributed by atoms with Crippen LogP contribution >= 0.6 is 0 Å². The molecule has 1 saturated heterocycles. The van der Waals surface area contributed by atoms with Crippen LogP contribution in [0.3, 0.4) is 0 Å². The van der Waals surface area contributed by atoms with Crippen LogP contribution < -0.4 is 5.73 Å². The van der Waals surface area contributed by atoms with Gasteiger partial charge in [0.1, 0.15) is 5.69 Å². The van der Waals surface area contributed by atoms with E-state index >= 15 is 0 Å². The lowest BCUT2D eigenvalue weighted by molar-refractivity contribution is -0.123. The van der Waals surface area contributed by atoms with Crippen molar-refractivity contribution in [2.45, 2.75) is 19.8 Å². The quantitative estimate of drug-likeness (QED) is 0.806. The Hall–Kier alpha value is -1.85. The van der Waals surface area contributed by atoms with Crippen molar-refractivity contribution in [2.75, 3.05) is 13.1 Å². The van der Waals surface area contributed by atoms with E-state index in [1.54, 1.807) is 22.7 Å². The van der Waals surface area contributed by atoms with Gasteiger partial charge in [0.05, 0.1) is 5.69 Å². The van der Waals surface area contributed by atoms with Gasteiger partial charge >= 0.3 is 0 Å². The number of aryl methyl sites for hydroxylation is 2. The van der Waals surface area contributed by atoms with E-state index in [1.165, 1.54) is 0 Å². The molecule has 0 saturated carbocycles. The molecule has 1 aliphatic rings. The molecule has 2 N–H and O–H groups in total. The van der Waals surface area contributed by atoms with Gasteiger partial charge < -0.3 is 10.6 Å². The van der Waals surface area contributed by atoms with Crippen LogP contribution in [0.4, 0.5) is 0 Å². The Labute approximate surface area is 106 Å². The topological polar surface area (TPSA) is 81.2 Å². The molecule has 1 aromatic heterocycles. The predicted octanol–water partition coefficient (Wildman–Crippen LogP) is 0.0660. The van der Waals surface area contributed by atoms with Gasteiger partial charge in [-0.3, -0.25) is 14.3 Å². The minimum absolute atomic E-state index is 0.0268. The van der Waals surface area contributed by atoms with Crippen LogP contribution in [0.2, 0.25) is 0 Å². The van der Waals surface area contributed by atoms with Crippen LogP contribution in [0.25, 0.3) is 0 Å². The number of aromatic nitrogens is 2. The molecule has 6 heteroatoms. The van der Waals surface area contributed by atoms with Crippen molar-refractivity contribution in [2.24, 2.45) is 18.7 Å². The molecule has 0 aliphatic carbocycles. The molecule has 2 amide bonds. The lowest BCUT2D eigenvalue weighted by Crippen LogP contribution is -2.42. The maximum atomic E-state index is 12.3. The van der Waals surface area contributed by atoms with Crippen molar-refractivity contribution in [3.05, 3.63) is 17.5 Å². The highest BCUT2D eigenvalue weighted by atomic mass is 16.2. The molecular weight excluding hydrogens is 232 g/mol. The Morgan fingerprint density at radius 1 is 1.39 bits per heavy atom. The second kappa shape index (κ2) is 4.80. The maximum absolute atomic E-state index is 12.3. The Kier molecular flexibility index (Phi) is 3.36.